The summed E-state index contributed by atoms with van der Waals surface area (Å²) in [6.07, 6.45) is 2.93. The molecule has 1 fully saturated rings. The van der Waals surface area contributed by atoms with Crippen LogP contribution < -0.4 is 14.3 Å². The van der Waals surface area contributed by atoms with Gasteiger partial charge in [-0.2, -0.15) is 0 Å². The molecule has 3 rings (SSSR count). The number of rotatable bonds is 8. The minimum Gasteiger partial charge on any atom is -0.486 e. The van der Waals surface area contributed by atoms with Crippen LogP contribution in [0.1, 0.15) is 29.6 Å². The van der Waals surface area contributed by atoms with Gasteiger partial charge in [0.25, 0.3) is 0 Å². The monoisotopic (exact) mass is 431 g/mol. The summed E-state index contributed by atoms with van der Waals surface area (Å²) >= 11 is 5.38. The number of nitrogens with one attached hydrogen (secondary N) is 2. The zero-order chi connectivity index (χ0) is 20.2. The first-order valence-corrected chi connectivity index (χ1v) is 11.5. The van der Waals surface area contributed by atoms with Gasteiger partial charge in [0.05, 0.1) is 31.5 Å². The second kappa shape index (κ2) is 8.96. The zero-order valence-corrected chi connectivity index (χ0v) is 17.4. The molecule has 1 saturated heterocycles. The van der Waals surface area contributed by atoms with Gasteiger partial charge >= 0.3 is 0 Å². The number of hydrogen-bond acceptors (Lipinski definition) is 7. The van der Waals surface area contributed by atoms with E-state index in [0.717, 1.165) is 38.7 Å². The standard InChI is InChI=1S/C18H26ClN3O5S/c1-28(24,25)21-14-2-3-17-15(12-14)16(23)13-18(27-17)4-7-22(8-5-18)9-11-26-10-6-20-19/h2-3,12,20-21H,4-11,13H2,1H3. The molecule has 2 N–H and O–H groups in total. The summed E-state index contributed by atoms with van der Waals surface area (Å²) in [4.78, 5) is 17.6. The Labute approximate surface area is 170 Å². The summed E-state index contributed by atoms with van der Waals surface area (Å²) in [6, 6.07) is 4.84. The molecule has 0 bridgehead atoms. The van der Waals surface area contributed by atoms with Crippen LogP contribution >= 0.6 is 11.8 Å². The van der Waals surface area contributed by atoms with E-state index in [0.29, 0.717) is 43.2 Å². The van der Waals surface area contributed by atoms with Crippen LogP contribution in [0.4, 0.5) is 5.69 Å². The number of carbonyl (C=O) groups excluding carboxylic acids is 1. The highest BCUT2D eigenvalue weighted by atomic mass is 35.5. The van der Waals surface area contributed by atoms with Gasteiger partial charge in [-0.3, -0.25) is 9.52 Å². The molecule has 1 aromatic rings. The molecule has 0 radical (unpaired) electrons. The number of hydrogen-bond donors (Lipinski definition) is 2. The quantitative estimate of drug-likeness (QED) is 0.476. The molecule has 1 aromatic carbocycles. The van der Waals surface area contributed by atoms with Crippen LogP contribution in [-0.2, 0) is 14.8 Å². The zero-order valence-electron chi connectivity index (χ0n) is 15.9. The van der Waals surface area contributed by atoms with E-state index >= 15 is 0 Å². The van der Waals surface area contributed by atoms with Crippen molar-refractivity contribution in [2.75, 3.05) is 50.4 Å². The third-order valence-corrected chi connectivity index (χ3v) is 5.85. The van der Waals surface area contributed by atoms with E-state index in [2.05, 4.69) is 14.5 Å². The van der Waals surface area contributed by atoms with Gasteiger partial charge in [0.1, 0.15) is 11.4 Å². The minimum atomic E-state index is -3.40. The number of Topliss-reactive ketones (excluding diaryl/α,β-unsaturated/α-hetero) is 1. The summed E-state index contributed by atoms with van der Waals surface area (Å²) in [7, 11) is -3.40. The van der Waals surface area contributed by atoms with Crippen molar-refractivity contribution in [3.05, 3.63) is 23.8 Å². The third-order valence-electron chi connectivity index (χ3n) is 5.05. The van der Waals surface area contributed by atoms with Gasteiger partial charge < -0.3 is 14.4 Å². The summed E-state index contributed by atoms with van der Waals surface area (Å²) < 4.78 is 36.9. The van der Waals surface area contributed by atoms with E-state index in [1.807, 2.05) is 0 Å². The lowest BCUT2D eigenvalue weighted by molar-refractivity contribution is -0.0147. The highest BCUT2D eigenvalue weighted by Gasteiger charge is 2.42. The molecule has 1 spiro atoms. The molecule has 2 aliphatic heterocycles. The van der Waals surface area contributed by atoms with Gasteiger partial charge in [0.15, 0.2) is 5.78 Å². The Bertz CT molecular complexity index is 809. The maximum Gasteiger partial charge on any atom is 0.229 e. The van der Waals surface area contributed by atoms with E-state index in [4.69, 9.17) is 21.3 Å². The van der Waals surface area contributed by atoms with Crippen LogP contribution in [0, 0.1) is 0 Å². The fourth-order valence-corrected chi connectivity index (χ4v) is 4.27. The van der Waals surface area contributed by atoms with Gasteiger partial charge in [-0.05, 0) is 30.0 Å². The maximum atomic E-state index is 12.7. The van der Waals surface area contributed by atoms with Gasteiger partial charge in [-0.15, -0.1) is 0 Å². The summed E-state index contributed by atoms with van der Waals surface area (Å²) in [5.41, 5.74) is 0.326. The van der Waals surface area contributed by atoms with Crippen molar-refractivity contribution in [1.82, 2.24) is 9.74 Å². The molecule has 2 heterocycles. The van der Waals surface area contributed by atoms with E-state index in [-0.39, 0.29) is 5.78 Å². The second-order valence-electron chi connectivity index (χ2n) is 7.31. The number of likely N-dealkylation sites (tertiary alicyclic amines) is 1. The SMILES string of the molecule is CS(=O)(=O)Nc1ccc2c(c1)C(=O)CC1(CCN(CCOCCNCl)CC1)O2. The van der Waals surface area contributed by atoms with Crippen molar-refractivity contribution >= 4 is 33.3 Å². The first-order valence-electron chi connectivity index (χ1n) is 9.28. The number of fused-ring (bicyclic) bond motifs is 1. The normalized spacial score (nSPS) is 19.3. The van der Waals surface area contributed by atoms with E-state index < -0.39 is 15.6 Å². The number of ether oxygens (including phenoxy) is 2. The molecule has 0 unspecified atom stereocenters. The topological polar surface area (TPSA) is 97.0 Å². The van der Waals surface area contributed by atoms with Crippen LogP contribution in [0.3, 0.4) is 0 Å². The van der Waals surface area contributed by atoms with Crippen molar-refractivity contribution in [3.8, 4) is 5.75 Å². The Balaban J connectivity index is 1.58. The molecule has 8 nitrogen and oxygen atoms in total. The first kappa shape index (κ1) is 21.3. The summed E-state index contributed by atoms with van der Waals surface area (Å²) in [6.45, 7) is 4.35. The summed E-state index contributed by atoms with van der Waals surface area (Å²) in [5.74, 6) is 0.518. The molecule has 0 amide bonds. The Morgan fingerprint density at radius 1 is 1.29 bits per heavy atom. The largest absolute Gasteiger partial charge is 0.486 e. The Morgan fingerprint density at radius 2 is 2.04 bits per heavy atom. The Morgan fingerprint density at radius 3 is 2.71 bits per heavy atom. The third kappa shape index (κ3) is 5.57. The highest BCUT2D eigenvalue weighted by Crippen LogP contribution is 2.40. The minimum absolute atomic E-state index is 0.0104. The number of benzene rings is 1. The maximum absolute atomic E-state index is 12.7. The van der Waals surface area contributed by atoms with E-state index in [1.54, 1.807) is 18.2 Å². The number of nitrogens with zero attached hydrogens (tertiary/aromatic N) is 1. The van der Waals surface area contributed by atoms with Crippen LogP contribution in [-0.4, -0.2) is 70.4 Å². The van der Waals surface area contributed by atoms with Crippen molar-refractivity contribution in [2.24, 2.45) is 0 Å². The van der Waals surface area contributed by atoms with Gasteiger partial charge in [0, 0.05) is 44.7 Å². The molecule has 0 saturated carbocycles. The predicted molar refractivity (Wildman–Crippen MR) is 108 cm³/mol. The molecule has 156 valence electrons. The van der Waals surface area contributed by atoms with E-state index in [9.17, 15) is 13.2 Å². The molecule has 0 atom stereocenters. The fraction of sp³-hybridized carbons (Fsp3) is 0.611. The van der Waals surface area contributed by atoms with Crippen molar-refractivity contribution in [1.29, 1.82) is 0 Å². The van der Waals surface area contributed by atoms with Crippen LogP contribution in [0.2, 0.25) is 0 Å². The van der Waals surface area contributed by atoms with Crippen LogP contribution in [0.25, 0.3) is 0 Å². The lowest BCUT2D eigenvalue weighted by atomic mass is 9.82. The molecular formula is C18H26ClN3O5S. The number of sulfonamides is 1. The smallest absolute Gasteiger partial charge is 0.229 e. The predicted octanol–water partition coefficient (Wildman–Crippen LogP) is 1.62. The average Bonchev–Trinajstić information content (AvgIpc) is 2.63. The number of piperidine rings is 1. The number of halogens is 1. The van der Waals surface area contributed by atoms with Gasteiger partial charge in [-0.25, -0.2) is 13.3 Å². The van der Waals surface area contributed by atoms with Crippen LogP contribution in [0.15, 0.2) is 18.2 Å². The molecule has 28 heavy (non-hydrogen) atoms. The Hall–Kier alpha value is -1.39. The highest BCUT2D eigenvalue weighted by molar-refractivity contribution is 7.92. The molecular weight excluding hydrogens is 406 g/mol. The van der Waals surface area contributed by atoms with Crippen molar-refractivity contribution in [2.45, 2.75) is 24.9 Å². The molecule has 0 aromatic heterocycles. The summed E-state index contributed by atoms with van der Waals surface area (Å²) in [5, 5.41) is 0. The molecule has 2 aliphatic rings. The number of anilines is 1. The average molecular weight is 432 g/mol. The van der Waals surface area contributed by atoms with E-state index in [1.165, 1.54) is 0 Å². The second-order valence-corrected chi connectivity index (χ2v) is 9.32. The Kier molecular flexibility index (Phi) is 6.82. The molecule has 0 aliphatic carbocycles. The first-order chi connectivity index (χ1) is 13.3. The number of carbonyl (C=O) groups is 1. The fourth-order valence-electron chi connectivity index (χ4n) is 3.64. The lowest BCUT2D eigenvalue weighted by Gasteiger charge is -2.44. The van der Waals surface area contributed by atoms with Gasteiger partial charge in [-0.1, -0.05) is 0 Å². The number of ketones is 1. The van der Waals surface area contributed by atoms with Crippen molar-refractivity contribution < 1.29 is 22.7 Å². The molecule has 10 heteroatoms. The van der Waals surface area contributed by atoms with Crippen LogP contribution in [0.5, 0.6) is 5.75 Å². The lowest BCUT2D eigenvalue weighted by Crippen LogP contribution is -2.51. The van der Waals surface area contributed by atoms with Gasteiger partial charge in [0.2, 0.25) is 10.0 Å². The van der Waals surface area contributed by atoms with Crippen molar-refractivity contribution in [3.63, 3.8) is 0 Å².